The second-order valence-electron chi connectivity index (χ2n) is 6.57. The molecule has 2 rings (SSSR count). The highest BCUT2D eigenvalue weighted by atomic mass is 35.5. The zero-order chi connectivity index (χ0) is 18.4. The third kappa shape index (κ3) is 4.55. The van der Waals surface area contributed by atoms with Crippen molar-refractivity contribution in [3.05, 3.63) is 46.8 Å². The first-order valence-corrected chi connectivity index (χ1v) is 9.33. The van der Waals surface area contributed by atoms with E-state index in [1.165, 1.54) is 0 Å². The van der Waals surface area contributed by atoms with Crippen molar-refractivity contribution in [2.24, 2.45) is 0 Å². The first kappa shape index (κ1) is 19.8. The molecule has 1 saturated heterocycles. The molecular weight excluding hydrogens is 336 g/mol. The number of hydrogen-bond acceptors (Lipinski definition) is 3. The Morgan fingerprint density at radius 1 is 1.44 bits per heavy atom. The fraction of sp³-hybridized carbons (Fsp3) is 0.550. The third-order valence-corrected chi connectivity index (χ3v) is 5.30. The number of benzene rings is 1. The number of hydrogen-bond donors (Lipinski definition) is 2. The van der Waals surface area contributed by atoms with Crippen molar-refractivity contribution in [1.82, 2.24) is 0 Å². The second kappa shape index (κ2) is 9.24. The lowest BCUT2D eigenvalue weighted by Gasteiger charge is -2.29. The molecule has 4 nitrogen and oxygen atoms in total. The first-order valence-electron chi connectivity index (χ1n) is 8.90. The molecule has 136 valence electrons. The molecule has 0 spiro atoms. The van der Waals surface area contributed by atoms with Crippen molar-refractivity contribution in [3.8, 4) is 0 Å². The summed E-state index contributed by atoms with van der Waals surface area (Å²) in [4.78, 5) is 5.88. The molecule has 0 amide bonds. The zero-order valence-corrected chi connectivity index (χ0v) is 15.7. The number of anilines is 1. The summed E-state index contributed by atoms with van der Waals surface area (Å²) in [7, 11) is 0. The molecule has 1 aliphatic rings. The van der Waals surface area contributed by atoms with Gasteiger partial charge in [0.25, 0.3) is 0 Å². The monoisotopic (exact) mass is 362 g/mol. The van der Waals surface area contributed by atoms with Crippen LogP contribution in [0.3, 0.4) is 0 Å². The van der Waals surface area contributed by atoms with Crippen molar-refractivity contribution >= 4 is 23.0 Å². The number of aliphatic hydroxyl groups is 2. The lowest BCUT2D eigenvalue weighted by atomic mass is 10.0. The van der Waals surface area contributed by atoms with Gasteiger partial charge in [0.15, 0.2) is 0 Å². The van der Waals surface area contributed by atoms with E-state index in [1.807, 2.05) is 13.0 Å². The maximum Gasteiger partial charge on any atom is 0.210 e. The van der Waals surface area contributed by atoms with Gasteiger partial charge in [-0.15, -0.1) is 11.6 Å². The van der Waals surface area contributed by atoms with Gasteiger partial charge < -0.3 is 15.1 Å². The van der Waals surface area contributed by atoms with Crippen LogP contribution in [0.5, 0.6) is 0 Å². The molecular formula is C20H27ClN2O2. The van der Waals surface area contributed by atoms with Gasteiger partial charge in [-0.3, -0.25) is 0 Å². The number of halogens is 1. The van der Waals surface area contributed by atoms with Crippen LogP contribution in [-0.2, 0) is 0 Å². The minimum atomic E-state index is -0.957. The fourth-order valence-corrected chi connectivity index (χ4v) is 3.72. The predicted molar refractivity (Wildman–Crippen MR) is 104 cm³/mol. The minimum absolute atomic E-state index is 0.0628. The van der Waals surface area contributed by atoms with Gasteiger partial charge in [0.1, 0.15) is 6.10 Å². The number of aliphatic hydroxyl groups excluding tert-OH is 2. The van der Waals surface area contributed by atoms with Crippen molar-refractivity contribution in [1.29, 1.82) is 0 Å². The molecule has 0 aromatic heterocycles. The molecule has 0 saturated carbocycles. The van der Waals surface area contributed by atoms with Crippen LogP contribution in [0.1, 0.15) is 49.8 Å². The topological polar surface area (TPSA) is 48.1 Å². The van der Waals surface area contributed by atoms with E-state index in [1.54, 1.807) is 6.07 Å². The SMILES string of the molecule is [C-]#[N+]c1cc(C(O)CO)c(C)cc1N1CCC(Cl)C1C/C=C\CCC. The first-order chi connectivity index (χ1) is 12.0. The molecule has 1 heterocycles. The summed E-state index contributed by atoms with van der Waals surface area (Å²) in [5.41, 5.74) is 2.86. The Balaban J connectivity index is 2.32. The van der Waals surface area contributed by atoms with Crippen LogP contribution in [0.25, 0.3) is 4.85 Å². The summed E-state index contributed by atoms with van der Waals surface area (Å²) in [6.07, 6.45) is 7.39. The summed E-state index contributed by atoms with van der Waals surface area (Å²) < 4.78 is 0. The van der Waals surface area contributed by atoms with Gasteiger partial charge >= 0.3 is 0 Å². The molecule has 0 radical (unpaired) electrons. The largest absolute Gasteiger partial charge is 0.393 e. The number of nitrogens with zero attached hydrogens (tertiary/aromatic N) is 2. The normalized spacial score (nSPS) is 21.7. The van der Waals surface area contributed by atoms with Crippen molar-refractivity contribution in [2.45, 2.75) is 57.1 Å². The van der Waals surface area contributed by atoms with E-state index in [2.05, 4.69) is 28.8 Å². The van der Waals surface area contributed by atoms with Crippen LogP contribution < -0.4 is 4.90 Å². The molecule has 0 bridgehead atoms. The number of aryl methyl sites for hydroxylation is 1. The van der Waals surface area contributed by atoms with Gasteiger partial charge in [0.2, 0.25) is 5.69 Å². The lowest BCUT2D eigenvalue weighted by molar-refractivity contribution is 0.0952. The summed E-state index contributed by atoms with van der Waals surface area (Å²) >= 11 is 6.55. The Labute approximate surface area is 155 Å². The average molecular weight is 363 g/mol. The summed E-state index contributed by atoms with van der Waals surface area (Å²) in [6, 6.07) is 3.81. The van der Waals surface area contributed by atoms with Gasteiger partial charge in [0.05, 0.1) is 18.6 Å². The summed E-state index contributed by atoms with van der Waals surface area (Å²) in [5, 5.41) is 19.2. The molecule has 3 atom stereocenters. The number of allylic oxidation sites excluding steroid dienone is 1. The van der Waals surface area contributed by atoms with Crippen LogP contribution in [0.2, 0.25) is 0 Å². The van der Waals surface area contributed by atoms with Gasteiger partial charge in [0, 0.05) is 18.3 Å². The standard InChI is InChI=1S/C20H27ClN2O2/c1-4-5-6-7-8-18-16(21)9-10-23(18)19-11-14(2)15(20(25)13-24)12-17(19)22-3/h6-7,11-12,16,18,20,24-25H,4-5,8-10,13H2,1-2H3/b7-6-. The fourth-order valence-electron chi connectivity index (χ4n) is 3.38. The van der Waals surface area contributed by atoms with Crippen LogP contribution in [0.4, 0.5) is 11.4 Å². The molecule has 3 unspecified atom stereocenters. The van der Waals surface area contributed by atoms with Crippen LogP contribution >= 0.6 is 11.6 Å². The van der Waals surface area contributed by atoms with E-state index in [4.69, 9.17) is 18.2 Å². The molecule has 0 aliphatic carbocycles. The van der Waals surface area contributed by atoms with Gasteiger partial charge in [-0.05, 0) is 49.4 Å². The Kier molecular flexibility index (Phi) is 7.31. The third-order valence-electron chi connectivity index (χ3n) is 4.79. The number of rotatable bonds is 7. The Hall–Kier alpha value is -1.54. The predicted octanol–water partition coefficient (Wildman–Crippen LogP) is 4.50. The molecule has 1 fully saturated rings. The number of alkyl halides is 1. The second-order valence-corrected chi connectivity index (χ2v) is 7.13. The summed E-state index contributed by atoms with van der Waals surface area (Å²) in [6.45, 7) is 12.1. The molecule has 5 heteroatoms. The van der Waals surface area contributed by atoms with Crippen LogP contribution in [0, 0.1) is 13.5 Å². The maximum atomic E-state index is 9.95. The van der Waals surface area contributed by atoms with E-state index in [-0.39, 0.29) is 18.0 Å². The molecule has 1 aromatic rings. The quantitative estimate of drug-likeness (QED) is 0.426. The number of unbranched alkanes of at least 4 members (excludes halogenated alkanes) is 1. The van der Waals surface area contributed by atoms with E-state index in [0.29, 0.717) is 11.3 Å². The smallest absolute Gasteiger partial charge is 0.210 e. The van der Waals surface area contributed by atoms with E-state index < -0.39 is 6.10 Å². The lowest BCUT2D eigenvalue weighted by Crippen LogP contribution is -2.33. The van der Waals surface area contributed by atoms with Crippen LogP contribution in [-0.4, -0.2) is 34.8 Å². The van der Waals surface area contributed by atoms with Crippen molar-refractivity contribution < 1.29 is 10.2 Å². The maximum absolute atomic E-state index is 9.95. The Bertz CT molecular complexity index is 654. The molecule has 1 aromatic carbocycles. The van der Waals surface area contributed by atoms with Gasteiger partial charge in [-0.1, -0.05) is 25.5 Å². The van der Waals surface area contributed by atoms with E-state index >= 15 is 0 Å². The summed E-state index contributed by atoms with van der Waals surface area (Å²) in [5.74, 6) is 0. The average Bonchev–Trinajstić information content (AvgIpc) is 2.98. The molecule has 2 N–H and O–H groups in total. The van der Waals surface area contributed by atoms with Gasteiger partial charge in [-0.2, -0.15) is 0 Å². The Morgan fingerprint density at radius 3 is 2.84 bits per heavy atom. The van der Waals surface area contributed by atoms with E-state index in [0.717, 1.165) is 43.5 Å². The van der Waals surface area contributed by atoms with Crippen LogP contribution in [0.15, 0.2) is 24.3 Å². The molecule has 1 aliphatic heterocycles. The van der Waals surface area contributed by atoms with E-state index in [9.17, 15) is 10.2 Å². The van der Waals surface area contributed by atoms with Crippen molar-refractivity contribution in [2.75, 3.05) is 18.1 Å². The minimum Gasteiger partial charge on any atom is -0.393 e. The Morgan fingerprint density at radius 2 is 2.20 bits per heavy atom. The van der Waals surface area contributed by atoms with Crippen molar-refractivity contribution in [3.63, 3.8) is 0 Å². The molecule has 25 heavy (non-hydrogen) atoms. The zero-order valence-electron chi connectivity index (χ0n) is 15.0. The highest BCUT2D eigenvalue weighted by Gasteiger charge is 2.33. The highest BCUT2D eigenvalue weighted by Crippen LogP contribution is 2.39. The van der Waals surface area contributed by atoms with Gasteiger partial charge in [-0.25, -0.2) is 4.85 Å². The highest BCUT2D eigenvalue weighted by molar-refractivity contribution is 6.21.